The Morgan fingerprint density at radius 1 is 1.29 bits per heavy atom. The van der Waals surface area contributed by atoms with E-state index in [2.05, 4.69) is 10.3 Å². The minimum absolute atomic E-state index is 0.0608. The molecule has 0 radical (unpaired) electrons. The summed E-state index contributed by atoms with van der Waals surface area (Å²) in [7, 11) is 0. The number of ether oxygens (including phenoxy) is 1. The van der Waals surface area contributed by atoms with Gasteiger partial charge in [0.25, 0.3) is 0 Å². The minimum atomic E-state index is -1.26. The largest absolute Gasteiger partial charge is 0.481 e. The SMILES string of the molecule is CCC(C)C(=O)OC1CC/C(=N\OCc2cnoc2)C2=CC(=O)C(C)C(CCC(=O)CC(O)CC(=O)O)C21. The van der Waals surface area contributed by atoms with E-state index in [1.807, 2.05) is 6.92 Å². The Morgan fingerprint density at radius 3 is 2.71 bits per heavy atom. The molecule has 0 spiro atoms. The Morgan fingerprint density at radius 2 is 2.05 bits per heavy atom. The first-order chi connectivity index (χ1) is 18.1. The zero-order valence-electron chi connectivity index (χ0n) is 22.0. The predicted molar refractivity (Wildman–Crippen MR) is 134 cm³/mol. The molecular formula is C27H36N2O9. The van der Waals surface area contributed by atoms with Crippen LogP contribution in [0.5, 0.6) is 0 Å². The van der Waals surface area contributed by atoms with E-state index >= 15 is 0 Å². The molecular weight excluding hydrogens is 496 g/mol. The van der Waals surface area contributed by atoms with Crippen molar-refractivity contribution < 1.29 is 43.5 Å². The van der Waals surface area contributed by atoms with Gasteiger partial charge >= 0.3 is 11.9 Å². The minimum Gasteiger partial charge on any atom is -0.481 e. The second-order valence-electron chi connectivity index (χ2n) is 10.2. The summed E-state index contributed by atoms with van der Waals surface area (Å²) < 4.78 is 10.8. The van der Waals surface area contributed by atoms with Gasteiger partial charge in [0.2, 0.25) is 0 Å². The van der Waals surface area contributed by atoms with Crippen LogP contribution >= 0.6 is 0 Å². The summed E-state index contributed by atoms with van der Waals surface area (Å²) >= 11 is 0. The molecule has 208 valence electrons. The standard InChI is InChI=1S/C27H36N2O9/c1-4-15(2)27(35)38-24-8-7-22(29-37-14-17-12-28-36-13-17)21-11-23(32)16(3)20(26(21)24)6-5-18(30)9-19(31)10-25(33)34/h11-13,15-16,19-20,24,26,31H,4-10,14H2,1-3H3,(H,33,34)/b29-22+. The number of carbonyl (C=O) groups excluding carboxylic acids is 3. The smallest absolute Gasteiger partial charge is 0.308 e. The predicted octanol–water partition coefficient (Wildman–Crippen LogP) is 3.25. The first-order valence-corrected chi connectivity index (χ1v) is 13.1. The van der Waals surface area contributed by atoms with Crippen LogP contribution in [0.3, 0.4) is 0 Å². The molecule has 0 bridgehead atoms. The van der Waals surface area contributed by atoms with E-state index in [-0.39, 0.29) is 54.7 Å². The van der Waals surface area contributed by atoms with Crippen LogP contribution in [0.2, 0.25) is 0 Å². The fourth-order valence-corrected chi connectivity index (χ4v) is 5.03. The number of esters is 1. The quantitative estimate of drug-likeness (QED) is 0.284. The molecule has 0 aromatic carbocycles. The van der Waals surface area contributed by atoms with Crippen LogP contribution in [-0.2, 0) is 35.4 Å². The van der Waals surface area contributed by atoms with Crippen molar-refractivity contribution in [2.45, 2.75) is 84.5 Å². The van der Waals surface area contributed by atoms with Crippen molar-refractivity contribution in [3.05, 3.63) is 29.7 Å². The van der Waals surface area contributed by atoms with E-state index in [1.54, 1.807) is 19.9 Å². The second-order valence-corrected chi connectivity index (χ2v) is 10.2. The Hall–Kier alpha value is -3.34. The van der Waals surface area contributed by atoms with Crippen LogP contribution in [0, 0.1) is 23.7 Å². The number of carbonyl (C=O) groups is 4. The maximum atomic E-state index is 13.0. The highest BCUT2D eigenvalue weighted by atomic mass is 16.6. The lowest BCUT2D eigenvalue weighted by Crippen LogP contribution is -2.46. The molecule has 0 aliphatic heterocycles. The van der Waals surface area contributed by atoms with Gasteiger partial charge in [0.1, 0.15) is 24.8 Å². The summed E-state index contributed by atoms with van der Waals surface area (Å²) in [5.41, 5.74) is 1.94. The van der Waals surface area contributed by atoms with Crippen LogP contribution in [0.15, 0.2) is 33.8 Å². The van der Waals surface area contributed by atoms with Crippen LogP contribution in [0.1, 0.15) is 71.3 Å². The summed E-state index contributed by atoms with van der Waals surface area (Å²) in [5.74, 6) is -3.27. The number of aromatic nitrogens is 1. The lowest BCUT2D eigenvalue weighted by Gasteiger charge is -2.43. The van der Waals surface area contributed by atoms with Gasteiger partial charge in [-0.05, 0) is 43.3 Å². The molecule has 0 amide bonds. The Kier molecular flexibility index (Phi) is 10.3. The normalized spacial score (nSPS) is 25.7. The average molecular weight is 533 g/mol. The lowest BCUT2D eigenvalue weighted by molar-refractivity contribution is -0.158. The molecule has 1 aromatic heterocycles. The number of Topliss-reactive ketones (excluding diaryl/α,β-unsaturated/α-hetero) is 1. The number of oxime groups is 1. The molecule has 2 aliphatic rings. The molecule has 3 rings (SSSR count). The molecule has 2 N–H and O–H groups in total. The third kappa shape index (κ3) is 7.59. The van der Waals surface area contributed by atoms with E-state index in [0.29, 0.717) is 42.5 Å². The van der Waals surface area contributed by atoms with Crippen LogP contribution < -0.4 is 0 Å². The number of aliphatic hydroxyl groups excluding tert-OH is 1. The van der Waals surface area contributed by atoms with E-state index in [0.717, 1.165) is 0 Å². The average Bonchev–Trinajstić information content (AvgIpc) is 3.38. The number of hydrogen-bond donors (Lipinski definition) is 2. The zero-order chi connectivity index (χ0) is 27.8. The van der Waals surface area contributed by atoms with Gasteiger partial charge in [-0.1, -0.05) is 31.1 Å². The molecule has 1 saturated carbocycles. The number of fused-ring (bicyclic) bond motifs is 1. The van der Waals surface area contributed by atoms with E-state index in [9.17, 15) is 24.3 Å². The molecule has 0 saturated heterocycles. The number of hydrogen-bond acceptors (Lipinski definition) is 10. The van der Waals surface area contributed by atoms with Crippen molar-refractivity contribution in [2.24, 2.45) is 28.8 Å². The number of rotatable bonds is 13. The fraction of sp³-hybridized carbons (Fsp3) is 0.630. The van der Waals surface area contributed by atoms with Gasteiger partial charge in [0.05, 0.1) is 35.9 Å². The number of carboxylic acid groups (broad SMARTS) is 1. The van der Waals surface area contributed by atoms with Gasteiger partial charge in [-0.2, -0.15) is 0 Å². The van der Waals surface area contributed by atoms with Gasteiger partial charge in [-0.25, -0.2) is 0 Å². The van der Waals surface area contributed by atoms with Gasteiger partial charge < -0.3 is 24.3 Å². The summed E-state index contributed by atoms with van der Waals surface area (Å²) in [6.45, 7) is 5.65. The summed E-state index contributed by atoms with van der Waals surface area (Å²) in [6.07, 6.45) is 3.91. The van der Waals surface area contributed by atoms with Gasteiger partial charge in [0.15, 0.2) is 5.78 Å². The van der Waals surface area contributed by atoms with Crippen molar-refractivity contribution >= 4 is 29.2 Å². The monoisotopic (exact) mass is 532 g/mol. The maximum absolute atomic E-state index is 13.0. The topological polar surface area (TPSA) is 166 Å². The second kappa shape index (κ2) is 13.5. The highest BCUT2D eigenvalue weighted by Crippen LogP contribution is 2.44. The number of ketones is 2. The third-order valence-electron chi connectivity index (χ3n) is 7.41. The number of nitrogens with zero attached hydrogens (tertiary/aromatic N) is 2. The number of allylic oxidation sites excluding steroid dienone is 1. The van der Waals surface area contributed by atoms with Gasteiger partial charge in [0, 0.05) is 24.7 Å². The van der Waals surface area contributed by atoms with Crippen LogP contribution in [0.4, 0.5) is 0 Å². The Balaban J connectivity index is 1.82. The van der Waals surface area contributed by atoms with Gasteiger partial charge in [-0.15, -0.1) is 0 Å². The third-order valence-corrected chi connectivity index (χ3v) is 7.41. The van der Waals surface area contributed by atoms with E-state index in [4.69, 9.17) is 19.2 Å². The molecule has 1 heterocycles. The molecule has 1 fully saturated rings. The summed E-state index contributed by atoms with van der Waals surface area (Å²) in [4.78, 5) is 54.6. The molecule has 1 aromatic rings. The van der Waals surface area contributed by atoms with Crippen molar-refractivity contribution in [3.63, 3.8) is 0 Å². The van der Waals surface area contributed by atoms with Crippen LogP contribution in [-0.4, -0.2) is 56.8 Å². The van der Waals surface area contributed by atoms with Crippen molar-refractivity contribution in [1.82, 2.24) is 5.16 Å². The lowest BCUT2D eigenvalue weighted by atomic mass is 9.63. The molecule has 2 aliphatic carbocycles. The first kappa shape index (κ1) is 29.2. The van der Waals surface area contributed by atoms with Crippen LogP contribution in [0.25, 0.3) is 0 Å². The van der Waals surface area contributed by atoms with Crippen molar-refractivity contribution in [2.75, 3.05) is 0 Å². The Labute approximate surface area is 221 Å². The summed E-state index contributed by atoms with van der Waals surface area (Å²) in [5, 5.41) is 26.6. The van der Waals surface area contributed by atoms with Crippen molar-refractivity contribution in [3.8, 4) is 0 Å². The molecule has 11 heteroatoms. The Bertz CT molecular complexity index is 1060. The summed E-state index contributed by atoms with van der Waals surface area (Å²) in [6, 6.07) is 0. The maximum Gasteiger partial charge on any atom is 0.308 e. The molecule has 38 heavy (non-hydrogen) atoms. The van der Waals surface area contributed by atoms with Gasteiger partial charge in [-0.3, -0.25) is 19.2 Å². The molecule has 6 atom stereocenters. The number of aliphatic carboxylic acids is 1. The van der Waals surface area contributed by atoms with E-state index in [1.165, 1.54) is 12.5 Å². The zero-order valence-corrected chi connectivity index (χ0v) is 22.0. The molecule has 6 unspecified atom stereocenters. The number of carboxylic acids is 1. The van der Waals surface area contributed by atoms with E-state index < -0.39 is 30.5 Å². The highest BCUT2D eigenvalue weighted by Gasteiger charge is 2.46. The molecule has 11 nitrogen and oxygen atoms in total. The number of aliphatic hydroxyl groups is 1. The van der Waals surface area contributed by atoms with Crippen molar-refractivity contribution in [1.29, 1.82) is 0 Å². The first-order valence-electron chi connectivity index (χ1n) is 13.1. The fourth-order valence-electron chi connectivity index (χ4n) is 5.03. The highest BCUT2D eigenvalue weighted by molar-refractivity contribution is 6.08.